The fourth-order valence-corrected chi connectivity index (χ4v) is 2.96. The lowest BCUT2D eigenvalue weighted by Crippen LogP contribution is -2.48. The standard InChI is InChI=1S/C19H23N3O3/c1-13-6-8-15(9-7-13)16-12-17(25-21-16)18(23)20-14(2)19(24)22-10-4-3-5-11-22/h6-9,12,14H,3-5,10-11H2,1-2H3,(H,20,23)/t14-/m1/s1. The van der Waals surface area contributed by atoms with E-state index in [1.165, 1.54) is 0 Å². The zero-order valence-corrected chi connectivity index (χ0v) is 14.6. The van der Waals surface area contributed by atoms with E-state index in [0.29, 0.717) is 5.69 Å². The van der Waals surface area contributed by atoms with E-state index in [1.54, 1.807) is 13.0 Å². The third-order valence-electron chi connectivity index (χ3n) is 4.47. The van der Waals surface area contributed by atoms with Gasteiger partial charge in [0.15, 0.2) is 0 Å². The number of likely N-dealkylation sites (tertiary alicyclic amines) is 1. The maximum atomic E-state index is 12.4. The SMILES string of the molecule is Cc1ccc(-c2cc(C(=O)N[C@H](C)C(=O)N3CCCCC3)on2)cc1. The zero-order valence-electron chi connectivity index (χ0n) is 14.6. The zero-order chi connectivity index (χ0) is 17.8. The van der Waals surface area contributed by atoms with Gasteiger partial charge in [-0.3, -0.25) is 9.59 Å². The van der Waals surface area contributed by atoms with Crippen molar-refractivity contribution < 1.29 is 14.1 Å². The first-order valence-electron chi connectivity index (χ1n) is 8.68. The van der Waals surface area contributed by atoms with Gasteiger partial charge in [0, 0.05) is 24.7 Å². The summed E-state index contributed by atoms with van der Waals surface area (Å²) >= 11 is 0. The number of nitrogens with one attached hydrogen (secondary N) is 1. The molecule has 0 spiro atoms. The molecule has 3 rings (SSSR count). The number of carbonyl (C=O) groups is 2. The molecule has 1 aliphatic heterocycles. The van der Waals surface area contributed by atoms with Crippen LogP contribution in [0.15, 0.2) is 34.9 Å². The van der Waals surface area contributed by atoms with Gasteiger partial charge in [0.05, 0.1) is 0 Å². The predicted molar refractivity (Wildman–Crippen MR) is 94.0 cm³/mol. The number of carbonyl (C=O) groups excluding carboxylic acids is 2. The van der Waals surface area contributed by atoms with Crippen LogP contribution in [0.5, 0.6) is 0 Å². The minimum Gasteiger partial charge on any atom is -0.350 e. The quantitative estimate of drug-likeness (QED) is 0.928. The Morgan fingerprint density at radius 3 is 2.52 bits per heavy atom. The molecule has 1 aromatic carbocycles. The second-order valence-corrected chi connectivity index (χ2v) is 6.52. The highest BCUT2D eigenvalue weighted by molar-refractivity contribution is 5.96. The number of hydrogen-bond donors (Lipinski definition) is 1. The number of rotatable bonds is 4. The molecular formula is C19H23N3O3. The molecule has 25 heavy (non-hydrogen) atoms. The van der Waals surface area contributed by atoms with E-state index in [2.05, 4.69) is 10.5 Å². The Hall–Kier alpha value is -2.63. The van der Waals surface area contributed by atoms with Crippen molar-refractivity contribution in [2.45, 2.75) is 39.2 Å². The van der Waals surface area contributed by atoms with Crippen molar-refractivity contribution in [3.63, 3.8) is 0 Å². The molecule has 2 amide bonds. The van der Waals surface area contributed by atoms with Gasteiger partial charge in [-0.25, -0.2) is 0 Å². The molecule has 1 aromatic heterocycles. The summed E-state index contributed by atoms with van der Waals surface area (Å²) in [6.07, 6.45) is 3.20. The first-order chi connectivity index (χ1) is 12.0. The molecule has 0 bridgehead atoms. The number of amides is 2. The molecule has 2 heterocycles. The molecule has 1 saturated heterocycles. The van der Waals surface area contributed by atoms with Gasteiger partial charge in [-0.2, -0.15) is 0 Å². The Morgan fingerprint density at radius 2 is 1.84 bits per heavy atom. The number of aromatic nitrogens is 1. The van der Waals surface area contributed by atoms with Crippen LogP contribution in [-0.4, -0.2) is 41.0 Å². The van der Waals surface area contributed by atoms with Crippen molar-refractivity contribution >= 4 is 11.8 Å². The van der Waals surface area contributed by atoms with Crippen LogP contribution in [0.4, 0.5) is 0 Å². The molecule has 0 aliphatic carbocycles. The molecule has 132 valence electrons. The van der Waals surface area contributed by atoms with Crippen LogP contribution in [-0.2, 0) is 4.79 Å². The summed E-state index contributed by atoms with van der Waals surface area (Å²) in [5, 5.41) is 6.65. The molecule has 0 unspecified atom stereocenters. The summed E-state index contributed by atoms with van der Waals surface area (Å²) in [6, 6.07) is 8.82. The van der Waals surface area contributed by atoms with Gasteiger partial charge < -0.3 is 14.7 Å². The van der Waals surface area contributed by atoms with E-state index in [-0.39, 0.29) is 11.7 Å². The van der Waals surface area contributed by atoms with Crippen LogP contribution in [0, 0.1) is 6.92 Å². The maximum absolute atomic E-state index is 12.4. The van der Waals surface area contributed by atoms with Crippen LogP contribution < -0.4 is 5.32 Å². The van der Waals surface area contributed by atoms with Crippen molar-refractivity contribution in [2.75, 3.05) is 13.1 Å². The van der Waals surface area contributed by atoms with E-state index in [1.807, 2.05) is 36.1 Å². The minimum atomic E-state index is -0.585. The molecule has 0 radical (unpaired) electrons. The summed E-state index contributed by atoms with van der Waals surface area (Å²) in [7, 11) is 0. The van der Waals surface area contributed by atoms with Gasteiger partial charge in [-0.05, 0) is 33.1 Å². The molecular weight excluding hydrogens is 318 g/mol. The van der Waals surface area contributed by atoms with Crippen LogP contribution in [0.2, 0.25) is 0 Å². The van der Waals surface area contributed by atoms with Gasteiger partial charge in [0.25, 0.3) is 5.91 Å². The smallest absolute Gasteiger partial charge is 0.290 e. The lowest BCUT2D eigenvalue weighted by Gasteiger charge is -2.29. The highest BCUT2D eigenvalue weighted by Crippen LogP contribution is 2.19. The summed E-state index contributed by atoms with van der Waals surface area (Å²) < 4.78 is 5.15. The summed E-state index contributed by atoms with van der Waals surface area (Å²) in [5.74, 6) is -0.371. The molecule has 1 aliphatic rings. The van der Waals surface area contributed by atoms with Crippen molar-refractivity contribution in [1.82, 2.24) is 15.4 Å². The average molecular weight is 341 g/mol. The normalized spacial score (nSPS) is 15.7. The van der Waals surface area contributed by atoms with E-state index < -0.39 is 11.9 Å². The van der Waals surface area contributed by atoms with Crippen LogP contribution >= 0.6 is 0 Å². The van der Waals surface area contributed by atoms with Crippen LogP contribution in [0.25, 0.3) is 11.3 Å². The van der Waals surface area contributed by atoms with E-state index in [0.717, 1.165) is 43.5 Å². The highest BCUT2D eigenvalue weighted by atomic mass is 16.5. The van der Waals surface area contributed by atoms with Gasteiger partial charge >= 0.3 is 0 Å². The fourth-order valence-electron chi connectivity index (χ4n) is 2.96. The number of benzene rings is 1. The molecule has 0 saturated carbocycles. The Balaban J connectivity index is 1.63. The number of hydrogen-bond acceptors (Lipinski definition) is 4. The van der Waals surface area contributed by atoms with Crippen molar-refractivity contribution in [3.05, 3.63) is 41.7 Å². The predicted octanol–water partition coefficient (Wildman–Crippen LogP) is 2.78. The maximum Gasteiger partial charge on any atom is 0.290 e. The fraction of sp³-hybridized carbons (Fsp3) is 0.421. The lowest BCUT2D eigenvalue weighted by atomic mass is 10.1. The summed E-state index contributed by atoms with van der Waals surface area (Å²) in [6.45, 7) is 5.23. The van der Waals surface area contributed by atoms with Gasteiger partial charge in [0.1, 0.15) is 11.7 Å². The Bertz CT molecular complexity index is 746. The van der Waals surface area contributed by atoms with Crippen LogP contribution in [0.1, 0.15) is 42.3 Å². The van der Waals surface area contributed by atoms with E-state index in [9.17, 15) is 9.59 Å². The molecule has 6 heteroatoms. The largest absolute Gasteiger partial charge is 0.350 e. The second-order valence-electron chi connectivity index (χ2n) is 6.52. The van der Waals surface area contributed by atoms with Crippen molar-refractivity contribution in [2.24, 2.45) is 0 Å². The van der Waals surface area contributed by atoms with Crippen LogP contribution in [0.3, 0.4) is 0 Å². The summed E-state index contributed by atoms with van der Waals surface area (Å²) in [5.41, 5.74) is 2.63. The monoisotopic (exact) mass is 341 g/mol. The minimum absolute atomic E-state index is 0.0497. The van der Waals surface area contributed by atoms with Gasteiger partial charge in [-0.15, -0.1) is 0 Å². The van der Waals surface area contributed by atoms with E-state index in [4.69, 9.17) is 4.52 Å². The first kappa shape index (κ1) is 17.2. The van der Waals surface area contributed by atoms with Crippen molar-refractivity contribution in [1.29, 1.82) is 0 Å². The number of nitrogens with zero attached hydrogens (tertiary/aromatic N) is 2. The first-order valence-corrected chi connectivity index (χ1v) is 8.68. The van der Waals surface area contributed by atoms with E-state index >= 15 is 0 Å². The topological polar surface area (TPSA) is 75.4 Å². The van der Waals surface area contributed by atoms with Gasteiger partial charge in [-0.1, -0.05) is 35.0 Å². The molecule has 6 nitrogen and oxygen atoms in total. The molecule has 2 aromatic rings. The Kier molecular flexibility index (Phi) is 5.16. The Morgan fingerprint density at radius 1 is 1.16 bits per heavy atom. The third-order valence-corrected chi connectivity index (χ3v) is 4.47. The highest BCUT2D eigenvalue weighted by Gasteiger charge is 2.25. The lowest BCUT2D eigenvalue weighted by molar-refractivity contribution is -0.133. The average Bonchev–Trinajstić information content (AvgIpc) is 3.12. The summed E-state index contributed by atoms with van der Waals surface area (Å²) in [4.78, 5) is 26.5. The molecule has 1 fully saturated rings. The Labute approximate surface area is 147 Å². The van der Waals surface area contributed by atoms with Crippen molar-refractivity contribution in [3.8, 4) is 11.3 Å². The molecule has 1 atom stereocenters. The number of piperidine rings is 1. The van der Waals surface area contributed by atoms with Gasteiger partial charge in [0.2, 0.25) is 11.7 Å². The second kappa shape index (κ2) is 7.51. The third kappa shape index (κ3) is 4.07. The number of aryl methyl sites for hydroxylation is 1. The molecule has 1 N–H and O–H groups in total.